The van der Waals surface area contributed by atoms with Crippen molar-refractivity contribution in [2.24, 2.45) is 11.0 Å². The van der Waals surface area contributed by atoms with Crippen LogP contribution in [0.1, 0.15) is 36.2 Å². The quantitative estimate of drug-likeness (QED) is 0.741. The van der Waals surface area contributed by atoms with Crippen LogP contribution < -0.4 is 5.01 Å². The third-order valence-corrected chi connectivity index (χ3v) is 6.73. The van der Waals surface area contributed by atoms with Gasteiger partial charge in [0, 0.05) is 24.7 Å². The van der Waals surface area contributed by atoms with Crippen molar-refractivity contribution in [1.82, 2.24) is 9.80 Å². The first-order valence-electron chi connectivity index (χ1n) is 10.1. The highest BCUT2D eigenvalue weighted by Gasteiger charge is 2.63. The van der Waals surface area contributed by atoms with Crippen molar-refractivity contribution in [2.75, 3.05) is 12.1 Å². The number of hydrazone groups is 1. The van der Waals surface area contributed by atoms with Gasteiger partial charge in [0.05, 0.1) is 11.3 Å². The van der Waals surface area contributed by atoms with E-state index in [9.17, 15) is 9.59 Å². The minimum atomic E-state index is -0.718. The summed E-state index contributed by atoms with van der Waals surface area (Å²) in [6.45, 7) is 3.96. The highest BCUT2D eigenvalue weighted by atomic mass is 35.5. The van der Waals surface area contributed by atoms with Crippen LogP contribution in [0.2, 0.25) is 5.02 Å². The Morgan fingerprint density at radius 1 is 1.13 bits per heavy atom. The molecule has 154 valence electrons. The maximum atomic E-state index is 13.9. The maximum absolute atomic E-state index is 13.9. The normalized spacial score (nSPS) is 27.4. The molecule has 0 spiro atoms. The van der Waals surface area contributed by atoms with Crippen molar-refractivity contribution >= 4 is 35.3 Å². The van der Waals surface area contributed by atoms with Gasteiger partial charge in [-0.1, -0.05) is 55.8 Å². The number of likely N-dealkylation sites (N-methyl/N-ethyl adjacent to an activating group) is 1. The summed E-state index contributed by atoms with van der Waals surface area (Å²) in [5.41, 5.74) is 1.47. The van der Waals surface area contributed by atoms with Crippen LogP contribution in [0, 0.1) is 5.92 Å². The Balaban J connectivity index is 1.85. The minimum Gasteiger partial charge on any atom is -0.321 e. The highest BCUT2D eigenvalue weighted by Crippen LogP contribution is 2.51. The fourth-order valence-electron chi connectivity index (χ4n) is 5.24. The number of anilines is 1. The first-order valence-corrected chi connectivity index (χ1v) is 10.5. The zero-order valence-corrected chi connectivity index (χ0v) is 17.9. The molecule has 5 rings (SSSR count). The van der Waals surface area contributed by atoms with E-state index >= 15 is 0 Å². The second kappa shape index (κ2) is 6.57. The Morgan fingerprint density at radius 2 is 1.87 bits per heavy atom. The number of hydrogen-bond acceptors (Lipinski definition) is 4. The van der Waals surface area contributed by atoms with Crippen molar-refractivity contribution in [2.45, 2.75) is 38.0 Å². The lowest BCUT2D eigenvalue weighted by atomic mass is 9.83. The molecule has 3 heterocycles. The Hall–Kier alpha value is -2.86. The lowest BCUT2D eigenvalue weighted by Gasteiger charge is -2.45. The molecule has 0 unspecified atom stereocenters. The first-order chi connectivity index (χ1) is 14.4. The van der Waals surface area contributed by atoms with Crippen LogP contribution in [0.25, 0.3) is 0 Å². The van der Waals surface area contributed by atoms with E-state index in [4.69, 9.17) is 16.7 Å². The summed E-state index contributed by atoms with van der Waals surface area (Å²) >= 11 is 6.28. The van der Waals surface area contributed by atoms with Gasteiger partial charge in [-0.3, -0.25) is 14.6 Å². The van der Waals surface area contributed by atoms with Crippen LogP contribution in [0.5, 0.6) is 0 Å². The number of carbonyl (C=O) groups excluding carboxylic acids is 2. The smallest absolute Gasteiger partial charge is 0.258 e. The largest absolute Gasteiger partial charge is 0.321 e. The van der Waals surface area contributed by atoms with Crippen LogP contribution in [0.4, 0.5) is 5.69 Å². The third-order valence-electron chi connectivity index (χ3n) is 6.49. The van der Waals surface area contributed by atoms with Gasteiger partial charge in [0.2, 0.25) is 5.91 Å². The Labute approximate surface area is 180 Å². The van der Waals surface area contributed by atoms with Gasteiger partial charge in [-0.2, -0.15) is 5.10 Å². The number of rotatable bonds is 2. The average molecular weight is 423 g/mol. The SMILES string of the molecule is CC(C)[C@H]1C(=O)N(C)[C@@H]2N1C(=O)c1cc(Cl)ccc1N1N=CC[C@]21c1ccccc1. The van der Waals surface area contributed by atoms with Gasteiger partial charge in [0.15, 0.2) is 0 Å². The molecule has 0 bridgehead atoms. The van der Waals surface area contributed by atoms with Crippen molar-refractivity contribution in [3.8, 4) is 0 Å². The van der Waals surface area contributed by atoms with Crippen LogP contribution in [0.3, 0.4) is 0 Å². The van der Waals surface area contributed by atoms with Crippen molar-refractivity contribution in [3.63, 3.8) is 0 Å². The van der Waals surface area contributed by atoms with Crippen LogP contribution in [0.15, 0.2) is 53.6 Å². The summed E-state index contributed by atoms with van der Waals surface area (Å²) in [4.78, 5) is 30.7. The topological polar surface area (TPSA) is 56.2 Å². The molecular weight excluding hydrogens is 400 g/mol. The second-order valence-electron chi connectivity index (χ2n) is 8.49. The molecule has 3 aliphatic rings. The summed E-state index contributed by atoms with van der Waals surface area (Å²) in [5.74, 6) is -0.261. The predicted octanol–water partition coefficient (Wildman–Crippen LogP) is 3.71. The summed E-state index contributed by atoms with van der Waals surface area (Å²) in [6, 6.07) is 14.8. The van der Waals surface area contributed by atoms with Crippen LogP contribution in [-0.2, 0) is 10.3 Å². The molecule has 1 saturated heterocycles. The van der Waals surface area contributed by atoms with E-state index in [1.54, 1.807) is 29.0 Å². The van der Waals surface area contributed by atoms with E-state index in [1.807, 2.05) is 61.5 Å². The molecule has 1 fully saturated rings. The lowest BCUT2D eigenvalue weighted by Crippen LogP contribution is -2.60. The van der Waals surface area contributed by atoms with Crippen molar-refractivity contribution in [1.29, 1.82) is 0 Å². The highest BCUT2D eigenvalue weighted by molar-refractivity contribution is 6.31. The molecule has 0 N–H and O–H groups in total. The molecule has 0 radical (unpaired) electrons. The molecule has 30 heavy (non-hydrogen) atoms. The Morgan fingerprint density at radius 3 is 2.57 bits per heavy atom. The van der Waals surface area contributed by atoms with Gasteiger partial charge in [-0.05, 0) is 29.7 Å². The summed E-state index contributed by atoms with van der Waals surface area (Å²) in [6.07, 6.45) is 1.96. The molecule has 6 nitrogen and oxygen atoms in total. The second-order valence-corrected chi connectivity index (χ2v) is 8.93. The molecule has 0 saturated carbocycles. The molecule has 2 amide bonds. The van der Waals surface area contributed by atoms with Gasteiger partial charge in [0.25, 0.3) is 5.91 Å². The number of fused-ring (bicyclic) bond motifs is 5. The fourth-order valence-corrected chi connectivity index (χ4v) is 5.42. The predicted molar refractivity (Wildman–Crippen MR) is 117 cm³/mol. The summed E-state index contributed by atoms with van der Waals surface area (Å²) < 4.78 is 0. The molecule has 3 aliphatic heterocycles. The maximum Gasteiger partial charge on any atom is 0.258 e. The number of nitrogens with zero attached hydrogens (tertiary/aromatic N) is 4. The standard InChI is InChI=1S/C23H23ClN4O2/c1-14(2)19-21(30)26(3)22-23(15-7-5-4-6-8-15)11-12-25-28(23)18-10-9-16(24)13-17(18)20(29)27(19)22/h4-10,12-14,19,22H,11H2,1-3H3/t19-,22+,23-/m0/s1. The van der Waals surface area contributed by atoms with Crippen LogP contribution >= 0.6 is 11.6 Å². The number of benzene rings is 2. The van der Waals surface area contributed by atoms with Crippen LogP contribution in [-0.4, -0.2) is 47.1 Å². The summed E-state index contributed by atoms with van der Waals surface area (Å²) in [5, 5.41) is 7.11. The zero-order chi connectivity index (χ0) is 21.2. The molecule has 2 aromatic carbocycles. The van der Waals surface area contributed by atoms with E-state index in [-0.39, 0.29) is 17.7 Å². The molecule has 0 aromatic heterocycles. The van der Waals surface area contributed by atoms with Gasteiger partial charge >= 0.3 is 0 Å². The third kappa shape index (κ3) is 2.34. The van der Waals surface area contributed by atoms with Crippen molar-refractivity contribution in [3.05, 3.63) is 64.7 Å². The van der Waals surface area contributed by atoms with Crippen molar-refractivity contribution < 1.29 is 9.59 Å². The molecule has 3 atom stereocenters. The van der Waals surface area contributed by atoms with Gasteiger partial charge in [-0.25, -0.2) is 0 Å². The monoisotopic (exact) mass is 422 g/mol. The molecular formula is C23H23ClN4O2. The van der Waals surface area contributed by atoms with Gasteiger partial charge in [0.1, 0.15) is 17.7 Å². The first kappa shape index (κ1) is 19.1. The minimum absolute atomic E-state index is 0.0294. The number of halogens is 1. The zero-order valence-electron chi connectivity index (χ0n) is 17.1. The van der Waals surface area contributed by atoms with E-state index in [1.165, 1.54) is 0 Å². The Kier molecular flexibility index (Phi) is 4.19. The van der Waals surface area contributed by atoms with E-state index < -0.39 is 17.7 Å². The molecule has 7 heteroatoms. The average Bonchev–Trinajstić information content (AvgIpc) is 3.26. The number of amides is 2. The van der Waals surface area contributed by atoms with E-state index in [0.29, 0.717) is 22.7 Å². The molecule has 0 aliphatic carbocycles. The van der Waals surface area contributed by atoms with E-state index in [2.05, 4.69) is 0 Å². The fraction of sp³-hybridized carbons (Fsp3) is 0.348. The Bertz CT molecular complexity index is 1070. The van der Waals surface area contributed by atoms with Gasteiger partial charge in [-0.15, -0.1) is 0 Å². The lowest BCUT2D eigenvalue weighted by molar-refractivity contribution is -0.130. The number of carbonyl (C=O) groups is 2. The van der Waals surface area contributed by atoms with E-state index in [0.717, 1.165) is 5.56 Å². The molecule has 2 aromatic rings. The number of hydrogen-bond donors (Lipinski definition) is 0. The summed E-state index contributed by atoms with van der Waals surface area (Å²) in [7, 11) is 1.79. The van der Waals surface area contributed by atoms with Gasteiger partial charge < -0.3 is 9.80 Å².